The fraction of sp³-hybridized carbons (Fsp3) is 0.636. The molecule has 1 N–H and O–H groups in total. The summed E-state index contributed by atoms with van der Waals surface area (Å²) in [6, 6.07) is 0.652. The van der Waals surface area contributed by atoms with Gasteiger partial charge in [-0.1, -0.05) is 11.6 Å². The molecule has 2 unspecified atom stereocenters. The Bertz CT molecular complexity index is 429. The third-order valence-electron chi connectivity index (χ3n) is 3.65. The van der Waals surface area contributed by atoms with E-state index < -0.39 is 0 Å². The van der Waals surface area contributed by atoms with Gasteiger partial charge in [0.05, 0.1) is 12.3 Å². The summed E-state index contributed by atoms with van der Waals surface area (Å²) in [5.74, 6) is 0.714. The predicted octanol–water partition coefficient (Wildman–Crippen LogP) is 2.28. The van der Waals surface area contributed by atoms with Gasteiger partial charge in [0.1, 0.15) is 5.02 Å². The highest BCUT2D eigenvalue weighted by Crippen LogP contribution is 2.40. The Kier molecular flexibility index (Phi) is 2.89. The van der Waals surface area contributed by atoms with E-state index in [1.807, 2.05) is 0 Å². The van der Waals surface area contributed by atoms with E-state index in [2.05, 4.69) is 14.9 Å². The van der Waals surface area contributed by atoms with Crippen molar-refractivity contribution < 1.29 is 5.11 Å². The monoisotopic (exact) mass is 273 g/mol. The first-order valence-electron chi connectivity index (χ1n) is 5.79. The van der Waals surface area contributed by atoms with E-state index in [-0.39, 0.29) is 11.4 Å². The van der Waals surface area contributed by atoms with Crippen LogP contribution in [0.2, 0.25) is 10.3 Å². The number of piperidine rings is 1. The summed E-state index contributed by atoms with van der Waals surface area (Å²) in [5.41, 5.74) is 0. The summed E-state index contributed by atoms with van der Waals surface area (Å²) in [5, 5.41) is 10.5. The second-order valence-electron chi connectivity index (χ2n) is 4.73. The van der Waals surface area contributed by atoms with E-state index in [1.54, 1.807) is 0 Å². The summed E-state index contributed by atoms with van der Waals surface area (Å²) in [4.78, 5) is 10.3. The van der Waals surface area contributed by atoms with Crippen molar-refractivity contribution in [1.29, 1.82) is 0 Å². The SMILES string of the molecule is OC1CC2CCC(C1)N2c1nc(Cl)ncc1Cl. The normalized spacial score (nSPS) is 31.9. The summed E-state index contributed by atoms with van der Waals surface area (Å²) in [6.45, 7) is 0. The number of aliphatic hydroxyl groups excluding tert-OH is 1. The molecule has 0 aliphatic carbocycles. The van der Waals surface area contributed by atoms with E-state index in [4.69, 9.17) is 23.2 Å². The van der Waals surface area contributed by atoms with Gasteiger partial charge < -0.3 is 10.0 Å². The molecule has 2 fully saturated rings. The maximum absolute atomic E-state index is 9.76. The van der Waals surface area contributed by atoms with Crippen molar-refractivity contribution in [3.8, 4) is 0 Å². The van der Waals surface area contributed by atoms with E-state index in [1.165, 1.54) is 6.20 Å². The van der Waals surface area contributed by atoms with Gasteiger partial charge in [-0.15, -0.1) is 0 Å². The first kappa shape index (κ1) is 11.5. The number of nitrogens with zero attached hydrogens (tertiary/aromatic N) is 3. The summed E-state index contributed by atoms with van der Waals surface area (Å²) in [7, 11) is 0. The molecule has 2 atom stereocenters. The van der Waals surface area contributed by atoms with Crippen LogP contribution in [0.5, 0.6) is 0 Å². The minimum absolute atomic E-state index is 0.195. The molecule has 2 saturated heterocycles. The lowest BCUT2D eigenvalue weighted by molar-refractivity contribution is 0.126. The molecule has 4 nitrogen and oxygen atoms in total. The zero-order valence-electron chi connectivity index (χ0n) is 9.18. The lowest BCUT2D eigenvalue weighted by atomic mass is 10.00. The van der Waals surface area contributed by atoms with Crippen LogP contribution < -0.4 is 4.90 Å². The van der Waals surface area contributed by atoms with Crippen LogP contribution in [0.25, 0.3) is 0 Å². The smallest absolute Gasteiger partial charge is 0.224 e. The average Bonchev–Trinajstić information content (AvgIpc) is 2.54. The maximum atomic E-state index is 9.76. The molecule has 17 heavy (non-hydrogen) atoms. The van der Waals surface area contributed by atoms with Gasteiger partial charge in [-0.25, -0.2) is 4.98 Å². The molecular weight excluding hydrogens is 261 g/mol. The lowest BCUT2D eigenvalue weighted by Crippen LogP contribution is -2.45. The fourth-order valence-corrected chi connectivity index (χ4v) is 3.33. The van der Waals surface area contributed by atoms with Crippen LogP contribution >= 0.6 is 23.2 Å². The Morgan fingerprint density at radius 2 is 1.88 bits per heavy atom. The molecule has 92 valence electrons. The van der Waals surface area contributed by atoms with Crippen LogP contribution in [0.4, 0.5) is 5.82 Å². The Balaban J connectivity index is 1.97. The molecule has 2 aliphatic heterocycles. The number of rotatable bonds is 1. The first-order chi connectivity index (χ1) is 8.15. The van der Waals surface area contributed by atoms with Gasteiger partial charge in [-0.2, -0.15) is 4.98 Å². The zero-order valence-corrected chi connectivity index (χ0v) is 10.7. The number of aromatic nitrogens is 2. The van der Waals surface area contributed by atoms with Crippen LogP contribution in [0.1, 0.15) is 25.7 Å². The third kappa shape index (κ3) is 1.98. The Morgan fingerprint density at radius 1 is 1.24 bits per heavy atom. The second kappa shape index (κ2) is 4.26. The highest BCUT2D eigenvalue weighted by molar-refractivity contribution is 6.33. The van der Waals surface area contributed by atoms with Crippen molar-refractivity contribution >= 4 is 29.0 Å². The van der Waals surface area contributed by atoms with Gasteiger partial charge in [0.2, 0.25) is 5.28 Å². The van der Waals surface area contributed by atoms with E-state index in [9.17, 15) is 5.11 Å². The molecule has 1 aromatic heterocycles. The Labute approximate surface area is 110 Å². The molecule has 1 aromatic rings. The van der Waals surface area contributed by atoms with Crippen LogP contribution in [0.15, 0.2) is 6.20 Å². The van der Waals surface area contributed by atoms with Gasteiger partial charge in [0, 0.05) is 12.1 Å². The molecule has 6 heteroatoms. The second-order valence-corrected chi connectivity index (χ2v) is 5.47. The van der Waals surface area contributed by atoms with Gasteiger partial charge in [-0.05, 0) is 37.3 Å². The standard InChI is InChI=1S/C11H13Cl2N3O/c12-9-5-14-11(13)15-10(9)16-6-1-2-7(16)4-8(17)3-6/h5-8,17H,1-4H2. The highest BCUT2D eigenvalue weighted by Gasteiger charge is 2.41. The Hall–Kier alpha value is -0.580. The molecule has 0 amide bonds. The van der Waals surface area contributed by atoms with E-state index >= 15 is 0 Å². The van der Waals surface area contributed by atoms with Crippen LogP contribution in [0, 0.1) is 0 Å². The minimum atomic E-state index is -0.195. The predicted molar refractivity (Wildman–Crippen MR) is 66.6 cm³/mol. The van der Waals surface area contributed by atoms with Crippen molar-refractivity contribution in [3.05, 3.63) is 16.5 Å². The molecule has 0 aromatic carbocycles. The molecule has 2 aliphatic rings. The molecule has 0 spiro atoms. The average molecular weight is 274 g/mol. The van der Waals surface area contributed by atoms with Crippen molar-refractivity contribution in [2.45, 2.75) is 43.9 Å². The largest absolute Gasteiger partial charge is 0.393 e. The molecule has 3 rings (SSSR count). The van der Waals surface area contributed by atoms with Gasteiger partial charge in [-0.3, -0.25) is 0 Å². The topological polar surface area (TPSA) is 49.2 Å². The van der Waals surface area contributed by atoms with Crippen LogP contribution in [-0.4, -0.2) is 33.3 Å². The molecule has 0 radical (unpaired) electrons. The summed E-state index contributed by atoms with van der Waals surface area (Å²) in [6.07, 6.45) is 5.08. The number of hydrogen-bond donors (Lipinski definition) is 1. The quantitative estimate of drug-likeness (QED) is 0.798. The molecule has 2 bridgehead atoms. The van der Waals surface area contributed by atoms with Crippen LogP contribution in [-0.2, 0) is 0 Å². The van der Waals surface area contributed by atoms with E-state index in [0.29, 0.717) is 22.9 Å². The van der Waals surface area contributed by atoms with Gasteiger partial charge >= 0.3 is 0 Å². The zero-order chi connectivity index (χ0) is 12.0. The summed E-state index contributed by atoms with van der Waals surface area (Å²) < 4.78 is 0. The number of halogens is 2. The fourth-order valence-electron chi connectivity index (χ4n) is 3.01. The van der Waals surface area contributed by atoms with Crippen molar-refractivity contribution in [2.24, 2.45) is 0 Å². The van der Waals surface area contributed by atoms with Gasteiger partial charge in [0.25, 0.3) is 0 Å². The van der Waals surface area contributed by atoms with E-state index in [0.717, 1.165) is 25.7 Å². The number of hydrogen-bond acceptors (Lipinski definition) is 4. The summed E-state index contributed by atoms with van der Waals surface area (Å²) >= 11 is 12.0. The molecule has 3 heterocycles. The number of fused-ring (bicyclic) bond motifs is 2. The maximum Gasteiger partial charge on any atom is 0.224 e. The molecule has 0 saturated carbocycles. The van der Waals surface area contributed by atoms with Crippen molar-refractivity contribution in [3.63, 3.8) is 0 Å². The van der Waals surface area contributed by atoms with Gasteiger partial charge in [0.15, 0.2) is 5.82 Å². The first-order valence-corrected chi connectivity index (χ1v) is 6.55. The number of anilines is 1. The third-order valence-corrected chi connectivity index (χ3v) is 4.10. The highest BCUT2D eigenvalue weighted by atomic mass is 35.5. The Morgan fingerprint density at radius 3 is 2.53 bits per heavy atom. The van der Waals surface area contributed by atoms with Crippen LogP contribution in [0.3, 0.4) is 0 Å². The van der Waals surface area contributed by atoms with Crippen molar-refractivity contribution in [2.75, 3.05) is 4.90 Å². The lowest BCUT2D eigenvalue weighted by Gasteiger charge is -2.38. The molecular formula is C11H13Cl2N3O. The minimum Gasteiger partial charge on any atom is -0.393 e. The number of aliphatic hydroxyl groups is 1. The van der Waals surface area contributed by atoms with Crippen molar-refractivity contribution in [1.82, 2.24) is 9.97 Å².